The summed E-state index contributed by atoms with van der Waals surface area (Å²) in [7, 11) is 3.46. The van der Waals surface area contributed by atoms with Crippen LogP contribution in [0.3, 0.4) is 0 Å². The molecule has 1 amide bonds. The summed E-state index contributed by atoms with van der Waals surface area (Å²) in [5, 5.41) is 9.57. The molecule has 24 heavy (non-hydrogen) atoms. The minimum Gasteiger partial charge on any atom is -0.356 e. The maximum absolute atomic E-state index is 11.7. The molecular formula is C19H30N4O. The molecule has 1 aromatic rings. The van der Waals surface area contributed by atoms with Crippen LogP contribution in [0.15, 0.2) is 29.3 Å². The largest absolute Gasteiger partial charge is 0.356 e. The van der Waals surface area contributed by atoms with Crippen LogP contribution in [0.5, 0.6) is 0 Å². The van der Waals surface area contributed by atoms with E-state index in [2.05, 4.69) is 27.9 Å². The predicted octanol–water partition coefficient (Wildman–Crippen LogP) is 2.33. The van der Waals surface area contributed by atoms with Crippen molar-refractivity contribution in [3.05, 3.63) is 35.4 Å². The van der Waals surface area contributed by atoms with E-state index in [0.717, 1.165) is 30.4 Å². The summed E-state index contributed by atoms with van der Waals surface area (Å²) in [5.74, 6) is 1.62. The highest BCUT2D eigenvalue weighted by Gasteiger charge is 2.19. The van der Waals surface area contributed by atoms with Crippen molar-refractivity contribution in [2.24, 2.45) is 10.9 Å². The quantitative estimate of drug-likeness (QED) is 0.573. The van der Waals surface area contributed by atoms with Crippen molar-refractivity contribution in [2.45, 2.75) is 45.1 Å². The van der Waals surface area contributed by atoms with Gasteiger partial charge in [0.1, 0.15) is 0 Å². The highest BCUT2D eigenvalue weighted by Crippen LogP contribution is 2.23. The molecule has 1 saturated carbocycles. The van der Waals surface area contributed by atoms with Gasteiger partial charge in [-0.25, -0.2) is 0 Å². The van der Waals surface area contributed by atoms with Gasteiger partial charge in [0.25, 0.3) is 5.91 Å². The standard InChI is InChI=1S/C19H30N4O/c1-14-6-4-9-17(12-14)23-19(21-3)22-11-10-15-7-5-8-16(13-15)18(24)20-2/h5,7-8,13-14,17H,4,6,9-12H2,1-3H3,(H,20,24)(H2,21,22,23). The minimum absolute atomic E-state index is 0.0475. The SMILES string of the molecule is CN=C(NCCc1cccc(C(=O)NC)c1)NC1CCCC(C)C1. The zero-order valence-electron chi connectivity index (χ0n) is 15.1. The molecule has 1 fully saturated rings. The Morgan fingerprint density at radius 2 is 2.17 bits per heavy atom. The monoisotopic (exact) mass is 330 g/mol. The molecule has 0 spiro atoms. The molecule has 1 aromatic carbocycles. The van der Waals surface area contributed by atoms with Gasteiger partial charge in [-0.15, -0.1) is 0 Å². The Labute approximate surface area is 145 Å². The van der Waals surface area contributed by atoms with Gasteiger partial charge in [-0.3, -0.25) is 9.79 Å². The second-order valence-electron chi connectivity index (χ2n) is 6.64. The third kappa shape index (κ3) is 5.55. The van der Waals surface area contributed by atoms with Crippen LogP contribution in [0.4, 0.5) is 0 Å². The van der Waals surface area contributed by atoms with Crippen molar-refractivity contribution in [3.63, 3.8) is 0 Å². The molecule has 1 aliphatic rings. The summed E-state index contributed by atoms with van der Waals surface area (Å²) in [6.07, 6.45) is 5.93. The lowest BCUT2D eigenvalue weighted by molar-refractivity contribution is 0.0963. The van der Waals surface area contributed by atoms with Gasteiger partial charge < -0.3 is 16.0 Å². The fraction of sp³-hybridized carbons (Fsp3) is 0.579. The Kier molecular flexibility index (Phi) is 7.09. The van der Waals surface area contributed by atoms with E-state index >= 15 is 0 Å². The first-order valence-electron chi connectivity index (χ1n) is 8.90. The van der Waals surface area contributed by atoms with E-state index in [1.54, 1.807) is 7.05 Å². The van der Waals surface area contributed by atoms with Crippen molar-refractivity contribution >= 4 is 11.9 Å². The number of nitrogens with zero attached hydrogens (tertiary/aromatic N) is 1. The molecule has 0 heterocycles. The molecule has 5 heteroatoms. The first-order valence-corrected chi connectivity index (χ1v) is 8.90. The van der Waals surface area contributed by atoms with Crippen molar-refractivity contribution in [1.82, 2.24) is 16.0 Å². The Morgan fingerprint density at radius 1 is 1.33 bits per heavy atom. The molecule has 0 saturated heterocycles. The van der Waals surface area contributed by atoms with Crippen LogP contribution in [0.2, 0.25) is 0 Å². The van der Waals surface area contributed by atoms with Crippen molar-refractivity contribution < 1.29 is 4.79 Å². The van der Waals surface area contributed by atoms with Crippen molar-refractivity contribution in [3.8, 4) is 0 Å². The van der Waals surface area contributed by atoms with Crippen LogP contribution >= 0.6 is 0 Å². The second-order valence-corrected chi connectivity index (χ2v) is 6.64. The molecule has 2 atom stereocenters. The van der Waals surface area contributed by atoms with Gasteiger partial charge in [0.15, 0.2) is 5.96 Å². The maximum atomic E-state index is 11.7. The zero-order valence-corrected chi connectivity index (χ0v) is 15.1. The number of nitrogens with one attached hydrogen (secondary N) is 3. The van der Waals surface area contributed by atoms with E-state index in [9.17, 15) is 4.79 Å². The second kappa shape index (κ2) is 9.30. The number of hydrogen-bond donors (Lipinski definition) is 3. The Balaban J connectivity index is 1.80. The first kappa shape index (κ1) is 18.3. The van der Waals surface area contributed by atoms with Crippen LogP contribution in [0.25, 0.3) is 0 Å². The van der Waals surface area contributed by atoms with E-state index in [1.165, 1.54) is 25.7 Å². The lowest BCUT2D eigenvalue weighted by Gasteiger charge is -2.28. The molecule has 3 N–H and O–H groups in total. The summed E-state index contributed by atoms with van der Waals surface area (Å²) in [4.78, 5) is 16.0. The van der Waals surface area contributed by atoms with Crippen LogP contribution in [0, 0.1) is 5.92 Å². The third-order valence-corrected chi connectivity index (χ3v) is 4.62. The van der Waals surface area contributed by atoms with Crippen LogP contribution < -0.4 is 16.0 Å². The van der Waals surface area contributed by atoms with Crippen molar-refractivity contribution in [2.75, 3.05) is 20.6 Å². The number of carbonyl (C=O) groups excluding carboxylic acids is 1. The molecule has 1 aliphatic carbocycles. The van der Waals surface area contributed by atoms with Gasteiger partial charge >= 0.3 is 0 Å². The number of hydrogen-bond acceptors (Lipinski definition) is 2. The van der Waals surface area contributed by atoms with Crippen LogP contribution in [-0.4, -0.2) is 38.5 Å². The van der Waals surface area contributed by atoms with Gasteiger partial charge in [0.2, 0.25) is 0 Å². The highest BCUT2D eigenvalue weighted by atomic mass is 16.1. The predicted molar refractivity (Wildman–Crippen MR) is 99.5 cm³/mol. The van der Waals surface area contributed by atoms with Gasteiger partial charge in [-0.05, 0) is 42.9 Å². The number of benzene rings is 1. The van der Waals surface area contributed by atoms with E-state index in [4.69, 9.17) is 0 Å². The van der Waals surface area contributed by atoms with E-state index in [0.29, 0.717) is 11.6 Å². The summed E-state index contributed by atoms with van der Waals surface area (Å²) < 4.78 is 0. The maximum Gasteiger partial charge on any atom is 0.251 e. The van der Waals surface area contributed by atoms with Crippen LogP contribution in [-0.2, 0) is 6.42 Å². The van der Waals surface area contributed by atoms with Crippen LogP contribution in [0.1, 0.15) is 48.5 Å². The van der Waals surface area contributed by atoms with E-state index < -0.39 is 0 Å². The summed E-state index contributed by atoms with van der Waals surface area (Å²) in [5.41, 5.74) is 1.85. The van der Waals surface area contributed by atoms with Gasteiger partial charge in [-0.2, -0.15) is 0 Å². The fourth-order valence-corrected chi connectivity index (χ4v) is 3.29. The average Bonchev–Trinajstić information content (AvgIpc) is 2.60. The molecular weight excluding hydrogens is 300 g/mol. The Hall–Kier alpha value is -2.04. The third-order valence-electron chi connectivity index (χ3n) is 4.62. The van der Waals surface area contributed by atoms with Crippen molar-refractivity contribution in [1.29, 1.82) is 0 Å². The fourth-order valence-electron chi connectivity index (χ4n) is 3.29. The first-order chi connectivity index (χ1) is 11.6. The average molecular weight is 330 g/mol. The highest BCUT2D eigenvalue weighted by molar-refractivity contribution is 5.94. The summed E-state index contributed by atoms with van der Waals surface area (Å²) in [6.45, 7) is 3.11. The molecule has 2 rings (SSSR count). The summed E-state index contributed by atoms with van der Waals surface area (Å²) in [6, 6.07) is 8.28. The van der Waals surface area contributed by atoms with Gasteiger partial charge in [0, 0.05) is 32.2 Å². The number of aliphatic imine (C=N–C) groups is 1. The molecule has 5 nitrogen and oxygen atoms in total. The minimum atomic E-state index is -0.0475. The molecule has 132 valence electrons. The number of carbonyl (C=O) groups is 1. The number of rotatable bonds is 5. The zero-order chi connectivity index (χ0) is 17.4. The Morgan fingerprint density at radius 3 is 2.88 bits per heavy atom. The summed E-state index contributed by atoms with van der Waals surface area (Å²) >= 11 is 0. The normalized spacial score (nSPS) is 21.2. The molecule has 0 radical (unpaired) electrons. The lowest BCUT2D eigenvalue weighted by atomic mass is 9.87. The molecule has 0 aliphatic heterocycles. The van der Waals surface area contributed by atoms with E-state index in [-0.39, 0.29) is 5.91 Å². The molecule has 0 aromatic heterocycles. The number of amides is 1. The molecule has 0 bridgehead atoms. The van der Waals surface area contributed by atoms with E-state index in [1.807, 2.05) is 31.3 Å². The lowest BCUT2D eigenvalue weighted by Crippen LogP contribution is -2.45. The van der Waals surface area contributed by atoms with Gasteiger partial charge in [-0.1, -0.05) is 31.9 Å². The Bertz CT molecular complexity index is 570. The topological polar surface area (TPSA) is 65.5 Å². The smallest absolute Gasteiger partial charge is 0.251 e. The van der Waals surface area contributed by atoms with Gasteiger partial charge in [0.05, 0.1) is 0 Å². The molecule has 2 unspecified atom stereocenters. The number of guanidine groups is 1.